The number of anilines is 1. The van der Waals surface area contributed by atoms with Crippen molar-refractivity contribution in [3.05, 3.63) is 29.8 Å². The molecule has 0 aliphatic carbocycles. The summed E-state index contributed by atoms with van der Waals surface area (Å²) in [7, 11) is 0. The Morgan fingerprint density at radius 1 is 1.18 bits per heavy atom. The minimum atomic E-state index is -0.253. The van der Waals surface area contributed by atoms with Crippen LogP contribution < -0.4 is 10.6 Å². The molecule has 3 rings (SSSR count). The average molecular weight is 572 g/mol. The van der Waals surface area contributed by atoms with Gasteiger partial charge in [-0.25, -0.2) is 4.99 Å². The predicted molar refractivity (Wildman–Crippen MR) is 142 cm³/mol. The number of nitrogens with one attached hydrogen (secondary N) is 2. The van der Waals surface area contributed by atoms with Crippen LogP contribution in [0.15, 0.2) is 29.3 Å². The lowest BCUT2D eigenvalue weighted by Crippen LogP contribution is -2.55. The highest BCUT2D eigenvalue weighted by Gasteiger charge is 2.30. The molecular weight excluding hydrogens is 533 g/mol. The number of carbonyl (C=O) groups is 2. The van der Waals surface area contributed by atoms with Crippen LogP contribution in [0.4, 0.5) is 5.69 Å². The molecule has 0 radical (unpaired) electrons. The van der Waals surface area contributed by atoms with E-state index in [-0.39, 0.29) is 47.8 Å². The van der Waals surface area contributed by atoms with E-state index in [4.69, 9.17) is 9.73 Å². The van der Waals surface area contributed by atoms with Gasteiger partial charge in [-0.15, -0.1) is 24.0 Å². The first-order chi connectivity index (χ1) is 15.5. The summed E-state index contributed by atoms with van der Waals surface area (Å²) in [6.45, 7) is 10.8. The maximum absolute atomic E-state index is 12.6. The maximum atomic E-state index is 12.6. The number of nitrogens with zero attached hydrogens (tertiary/aromatic N) is 3. The molecular formula is C24H38IN5O3. The van der Waals surface area contributed by atoms with Gasteiger partial charge in [0, 0.05) is 50.9 Å². The number of ether oxygens (including phenoxy) is 1. The molecule has 2 aliphatic heterocycles. The van der Waals surface area contributed by atoms with Gasteiger partial charge in [0.05, 0.1) is 6.54 Å². The van der Waals surface area contributed by atoms with Crippen molar-refractivity contribution in [3.63, 3.8) is 0 Å². The molecule has 8 nitrogen and oxygen atoms in total. The zero-order valence-electron chi connectivity index (χ0n) is 20.0. The monoisotopic (exact) mass is 571 g/mol. The molecule has 2 saturated heterocycles. The van der Waals surface area contributed by atoms with Gasteiger partial charge in [0.25, 0.3) is 5.91 Å². The van der Waals surface area contributed by atoms with Crippen molar-refractivity contribution >= 4 is 47.4 Å². The first-order valence-electron chi connectivity index (χ1n) is 11.8. The fourth-order valence-electron chi connectivity index (χ4n) is 3.90. The summed E-state index contributed by atoms with van der Waals surface area (Å²) < 4.78 is 5.55. The third-order valence-corrected chi connectivity index (χ3v) is 6.10. The highest BCUT2D eigenvalue weighted by atomic mass is 127. The molecule has 0 saturated carbocycles. The van der Waals surface area contributed by atoms with Crippen LogP contribution in [0.5, 0.6) is 0 Å². The standard InChI is InChI=1S/C24H37N5O3.HI/c1-4-18(3)22(30)27-20-9-6-8-19(16-20)17-26-24(25-5-2)29-13-11-28(12-14-29)23(31)21-10-7-15-32-21;/h6,8-9,16,18,21H,4-5,7,10-15,17H2,1-3H3,(H,25,26)(H,27,30);1H. The van der Waals surface area contributed by atoms with Crippen LogP contribution in [-0.2, 0) is 20.9 Å². The first-order valence-corrected chi connectivity index (χ1v) is 11.8. The van der Waals surface area contributed by atoms with Crippen LogP contribution in [0.2, 0.25) is 0 Å². The summed E-state index contributed by atoms with van der Waals surface area (Å²) in [4.78, 5) is 33.7. The van der Waals surface area contributed by atoms with Gasteiger partial charge in [0.15, 0.2) is 5.96 Å². The van der Waals surface area contributed by atoms with Gasteiger partial charge in [-0.2, -0.15) is 0 Å². The van der Waals surface area contributed by atoms with E-state index >= 15 is 0 Å². The zero-order valence-corrected chi connectivity index (χ0v) is 22.3. The van der Waals surface area contributed by atoms with Crippen LogP contribution in [0.25, 0.3) is 0 Å². The predicted octanol–water partition coefficient (Wildman–Crippen LogP) is 3.08. The molecule has 0 bridgehead atoms. The Bertz CT molecular complexity index is 805. The number of benzene rings is 1. The topological polar surface area (TPSA) is 86.3 Å². The second-order valence-electron chi connectivity index (χ2n) is 8.48. The minimum Gasteiger partial charge on any atom is -0.368 e. The SMILES string of the molecule is CCNC(=NCc1cccc(NC(=O)C(C)CC)c1)N1CCN(C(=O)C2CCCO2)CC1.I. The van der Waals surface area contributed by atoms with Crippen LogP contribution >= 0.6 is 24.0 Å². The summed E-state index contributed by atoms with van der Waals surface area (Å²) in [5, 5.41) is 6.36. The fraction of sp³-hybridized carbons (Fsp3) is 0.625. The van der Waals surface area contributed by atoms with Crippen molar-refractivity contribution in [3.8, 4) is 0 Å². The molecule has 2 aliphatic rings. The lowest BCUT2D eigenvalue weighted by Gasteiger charge is -2.37. The van der Waals surface area contributed by atoms with Gasteiger partial charge in [-0.1, -0.05) is 26.0 Å². The molecule has 2 unspecified atom stereocenters. The normalized spacial score (nSPS) is 19.6. The molecule has 2 atom stereocenters. The van der Waals surface area contributed by atoms with Crippen LogP contribution in [0.1, 0.15) is 45.6 Å². The third kappa shape index (κ3) is 7.84. The van der Waals surface area contributed by atoms with Gasteiger partial charge in [0.2, 0.25) is 5.91 Å². The minimum absolute atomic E-state index is 0. The smallest absolute Gasteiger partial charge is 0.251 e. The van der Waals surface area contributed by atoms with Crippen molar-refractivity contribution in [2.75, 3.05) is 44.6 Å². The number of halogens is 1. The largest absolute Gasteiger partial charge is 0.368 e. The Morgan fingerprint density at radius 3 is 2.55 bits per heavy atom. The van der Waals surface area contributed by atoms with E-state index < -0.39 is 0 Å². The Kier molecular flexibility index (Phi) is 11.4. The lowest BCUT2D eigenvalue weighted by atomic mass is 10.1. The Morgan fingerprint density at radius 2 is 1.91 bits per heavy atom. The number of guanidine groups is 1. The number of aliphatic imine (C=N–C) groups is 1. The second-order valence-corrected chi connectivity index (χ2v) is 8.48. The summed E-state index contributed by atoms with van der Waals surface area (Å²) >= 11 is 0. The Hall–Kier alpha value is -1.88. The summed E-state index contributed by atoms with van der Waals surface area (Å²) in [5.74, 6) is 1.01. The van der Waals surface area contributed by atoms with Gasteiger partial charge >= 0.3 is 0 Å². The van der Waals surface area contributed by atoms with Gasteiger partial charge < -0.3 is 25.2 Å². The number of rotatable bonds is 7. The van der Waals surface area contributed by atoms with Gasteiger partial charge in [-0.3, -0.25) is 9.59 Å². The maximum Gasteiger partial charge on any atom is 0.251 e. The molecule has 0 aromatic heterocycles. The summed E-state index contributed by atoms with van der Waals surface area (Å²) in [5.41, 5.74) is 1.84. The van der Waals surface area contributed by atoms with Gasteiger partial charge in [-0.05, 0) is 43.9 Å². The highest BCUT2D eigenvalue weighted by molar-refractivity contribution is 14.0. The zero-order chi connectivity index (χ0) is 22.9. The Labute approximate surface area is 214 Å². The van der Waals surface area contributed by atoms with E-state index in [1.807, 2.05) is 43.0 Å². The number of amides is 2. The van der Waals surface area contributed by atoms with Crippen molar-refractivity contribution in [1.29, 1.82) is 0 Å². The molecule has 2 amide bonds. The first kappa shape index (κ1) is 27.4. The van der Waals surface area contributed by atoms with E-state index in [1.165, 1.54) is 0 Å². The molecule has 0 spiro atoms. The molecule has 33 heavy (non-hydrogen) atoms. The number of piperazine rings is 1. The fourth-order valence-corrected chi connectivity index (χ4v) is 3.90. The van der Waals surface area contributed by atoms with Crippen molar-refractivity contribution in [2.24, 2.45) is 10.9 Å². The molecule has 2 N–H and O–H groups in total. The number of carbonyl (C=O) groups excluding carboxylic acids is 2. The van der Waals surface area contributed by atoms with E-state index in [0.29, 0.717) is 26.2 Å². The third-order valence-electron chi connectivity index (χ3n) is 6.10. The molecule has 1 aromatic rings. The molecule has 2 heterocycles. The van der Waals surface area contributed by atoms with Crippen molar-refractivity contribution in [2.45, 2.75) is 52.7 Å². The number of hydrogen-bond donors (Lipinski definition) is 2. The molecule has 184 valence electrons. The molecule has 9 heteroatoms. The van der Waals surface area contributed by atoms with E-state index in [2.05, 4.69) is 22.5 Å². The lowest BCUT2D eigenvalue weighted by molar-refractivity contribution is -0.142. The quantitative estimate of drug-likeness (QED) is 0.299. The number of hydrogen-bond acceptors (Lipinski definition) is 4. The van der Waals surface area contributed by atoms with E-state index in [0.717, 1.165) is 56.1 Å². The van der Waals surface area contributed by atoms with Crippen LogP contribution in [-0.4, -0.2) is 73.0 Å². The second kappa shape index (κ2) is 13.7. The van der Waals surface area contributed by atoms with E-state index in [1.54, 1.807) is 0 Å². The Balaban J connectivity index is 0.00000385. The van der Waals surface area contributed by atoms with E-state index in [9.17, 15) is 9.59 Å². The van der Waals surface area contributed by atoms with Crippen molar-refractivity contribution in [1.82, 2.24) is 15.1 Å². The van der Waals surface area contributed by atoms with Crippen LogP contribution in [0.3, 0.4) is 0 Å². The van der Waals surface area contributed by atoms with Gasteiger partial charge in [0.1, 0.15) is 6.10 Å². The van der Waals surface area contributed by atoms with Crippen molar-refractivity contribution < 1.29 is 14.3 Å². The summed E-state index contributed by atoms with van der Waals surface area (Å²) in [6, 6.07) is 7.85. The summed E-state index contributed by atoms with van der Waals surface area (Å²) in [6.07, 6.45) is 2.36. The molecule has 2 fully saturated rings. The highest BCUT2D eigenvalue weighted by Crippen LogP contribution is 2.17. The molecule has 1 aromatic carbocycles. The average Bonchev–Trinajstić information content (AvgIpc) is 3.36. The van der Waals surface area contributed by atoms with Crippen LogP contribution in [0, 0.1) is 5.92 Å².